The SMILES string of the molecule is CCNC(=NCc1ccc(NC(=O)C(C)C)cc1)NC1CCN(c2ncccc2F)C1. The highest BCUT2D eigenvalue weighted by Gasteiger charge is 2.25. The summed E-state index contributed by atoms with van der Waals surface area (Å²) in [6.07, 6.45) is 2.49. The standard InChI is InChI=1S/C23H31FN6O/c1-4-25-23(27-14-17-7-9-18(10-8-17)28-22(31)16(2)3)29-19-11-13-30(15-19)21-20(24)6-5-12-26-21/h5-10,12,16,19H,4,11,13-15H2,1-3H3,(H,28,31)(H2,25,27,29). The number of nitrogens with zero attached hydrogens (tertiary/aromatic N) is 3. The zero-order chi connectivity index (χ0) is 22.2. The minimum atomic E-state index is -0.295. The van der Waals surface area contributed by atoms with Crippen molar-refractivity contribution in [3.05, 3.63) is 54.0 Å². The lowest BCUT2D eigenvalue weighted by Crippen LogP contribution is -2.44. The number of nitrogens with one attached hydrogen (secondary N) is 3. The molecule has 0 aliphatic carbocycles. The highest BCUT2D eigenvalue weighted by Crippen LogP contribution is 2.20. The van der Waals surface area contributed by atoms with Crippen LogP contribution in [0.5, 0.6) is 0 Å². The third kappa shape index (κ3) is 6.41. The lowest BCUT2D eigenvalue weighted by Gasteiger charge is -2.20. The molecule has 0 spiro atoms. The van der Waals surface area contributed by atoms with Gasteiger partial charge in [0.2, 0.25) is 5.91 Å². The fourth-order valence-electron chi connectivity index (χ4n) is 3.34. The van der Waals surface area contributed by atoms with Gasteiger partial charge in [0.15, 0.2) is 17.6 Å². The monoisotopic (exact) mass is 426 g/mol. The van der Waals surface area contributed by atoms with Crippen molar-refractivity contribution in [2.24, 2.45) is 10.9 Å². The van der Waals surface area contributed by atoms with Crippen LogP contribution in [0.1, 0.15) is 32.8 Å². The van der Waals surface area contributed by atoms with E-state index in [1.807, 2.05) is 49.9 Å². The van der Waals surface area contributed by atoms with Crippen molar-refractivity contribution in [2.45, 2.75) is 39.8 Å². The van der Waals surface area contributed by atoms with Crippen LogP contribution >= 0.6 is 0 Å². The molecule has 0 bridgehead atoms. The van der Waals surface area contributed by atoms with E-state index in [0.29, 0.717) is 18.9 Å². The molecule has 1 amide bonds. The minimum absolute atomic E-state index is 0.000550. The topological polar surface area (TPSA) is 81.6 Å². The van der Waals surface area contributed by atoms with Gasteiger partial charge in [-0.1, -0.05) is 26.0 Å². The van der Waals surface area contributed by atoms with Gasteiger partial charge in [-0.2, -0.15) is 0 Å². The molecular formula is C23H31FN6O. The largest absolute Gasteiger partial charge is 0.357 e. The van der Waals surface area contributed by atoms with E-state index in [4.69, 9.17) is 0 Å². The first-order valence-electron chi connectivity index (χ1n) is 10.8. The Morgan fingerprint density at radius 1 is 1.29 bits per heavy atom. The second-order valence-electron chi connectivity index (χ2n) is 7.92. The Morgan fingerprint density at radius 3 is 2.74 bits per heavy atom. The van der Waals surface area contributed by atoms with E-state index in [2.05, 4.69) is 25.9 Å². The summed E-state index contributed by atoms with van der Waals surface area (Å²) in [5.41, 5.74) is 1.83. The van der Waals surface area contributed by atoms with Crippen LogP contribution in [0.25, 0.3) is 0 Å². The highest BCUT2D eigenvalue weighted by molar-refractivity contribution is 5.92. The van der Waals surface area contributed by atoms with Crippen LogP contribution in [0, 0.1) is 11.7 Å². The first kappa shape index (κ1) is 22.5. The van der Waals surface area contributed by atoms with Crippen molar-refractivity contribution in [1.29, 1.82) is 0 Å². The maximum absolute atomic E-state index is 14.0. The van der Waals surface area contributed by atoms with Gasteiger partial charge >= 0.3 is 0 Å². The molecule has 1 aliphatic rings. The number of pyridine rings is 1. The molecule has 166 valence electrons. The van der Waals surface area contributed by atoms with Gasteiger partial charge in [0.05, 0.1) is 6.54 Å². The number of amides is 1. The number of guanidine groups is 1. The number of aliphatic imine (C=N–C) groups is 1. The summed E-state index contributed by atoms with van der Waals surface area (Å²) in [6.45, 7) is 8.43. The molecule has 1 saturated heterocycles. The molecule has 7 nitrogen and oxygen atoms in total. The van der Waals surface area contributed by atoms with E-state index in [1.54, 1.807) is 12.3 Å². The lowest BCUT2D eigenvalue weighted by molar-refractivity contribution is -0.118. The number of aromatic nitrogens is 1. The van der Waals surface area contributed by atoms with E-state index < -0.39 is 0 Å². The maximum atomic E-state index is 14.0. The molecule has 31 heavy (non-hydrogen) atoms. The van der Waals surface area contributed by atoms with Crippen molar-refractivity contribution in [2.75, 3.05) is 29.9 Å². The normalized spacial score (nSPS) is 16.5. The molecule has 1 fully saturated rings. The summed E-state index contributed by atoms with van der Waals surface area (Å²) in [7, 11) is 0. The summed E-state index contributed by atoms with van der Waals surface area (Å²) >= 11 is 0. The van der Waals surface area contributed by atoms with Crippen molar-refractivity contribution < 1.29 is 9.18 Å². The number of hydrogen-bond acceptors (Lipinski definition) is 4. The smallest absolute Gasteiger partial charge is 0.226 e. The number of benzene rings is 1. The lowest BCUT2D eigenvalue weighted by atomic mass is 10.1. The van der Waals surface area contributed by atoms with E-state index in [9.17, 15) is 9.18 Å². The zero-order valence-electron chi connectivity index (χ0n) is 18.4. The third-order valence-corrected chi connectivity index (χ3v) is 5.08. The summed E-state index contributed by atoms with van der Waals surface area (Å²) < 4.78 is 14.0. The first-order valence-corrected chi connectivity index (χ1v) is 10.8. The molecule has 0 radical (unpaired) electrons. The Kier molecular flexibility index (Phi) is 7.81. The number of anilines is 2. The summed E-state index contributed by atoms with van der Waals surface area (Å²) in [5, 5.41) is 9.60. The van der Waals surface area contributed by atoms with Crippen LogP contribution in [0.15, 0.2) is 47.6 Å². The van der Waals surface area contributed by atoms with E-state index in [-0.39, 0.29) is 23.7 Å². The Morgan fingerprint density at radius 2 is 2.06 bits per heavy atom. The number of carbonyl (C=O) groups excluding carboxylic acids is 1. The van der Waals surface area contributed by atoms with Crippen LogP contribution in [-0.2, 0) is 11.3 Å². The Hall–Kier alpha value is -3.16. The van der Waals surface area contributed by atoms with E-state index in [0.717, 1.165) is 36.7 Å². The van der Waals surface area contributed by atoms with Gasteiger partial charge in [0, 0.05) is 43.5 Å². The minimum Gasteiger partial charge on any atom is -0.357 e. The van der Waals surface area contributed by atoms with Crippen molar-refractivity contribution >= 4 is 23.4 Å². The molecule has 2 heterocycles. The van der Waals surface area contributed by atoms with Gasteiger partial charge in [-0.25, -0.2) is 14.4 Å². The molecule has 1 aliphatic heterocycles. The Bertz CT molecular complexity index is 899. The molecule has 1 aromatic heterocycles. The molecule has 3 rings (SSSR count). The fourth-order valence-corrected chi connectivity index (χ4v) is 3.34. The maximum Gasteiger partial charge on any atom is 0.226 e. The summed E-state index contributed by atoms with van der Waals surface area (Å²) in [4.78, 5) is 22.6. The predicted molar refractivity (Wildman–Crippen MR) is 123 cm³/mol. The highest BCUT2D eigenvalue weighted by atomic mass is 19.1. The quantitative estimate of drug-likeness (QED) is 0.468. The van der Waals surface area contributed by atoms with Crippen LogP contribution in [0.2, 0.25) is 0 Å². The number of halogens is 1. The number of hydrogen-bond donors (Lipinski definition) is 3. The van der Waals surface area contributed by atoms with Gasteiger partial charge in [-0.3, -0.25) is 4.79 Å². The van der Waals surface area contributed by atoms with Gasteiger partial charge in [0.25, 0.3) is 0 Å². The van der Waals surface area contributed by atoms with E-state index in [1.165, 1.54) is 6.07 Å². The summed E-state index contributed by atoms with van der Waals surface area (Å²) in [6, 6.07) is 10.9. The molecule has 1 unspecified atom stereocenters. The molecule has 2 aromatic rings. The van der Waals surface area contributed by atoms with Crippen molar-refractivity contribution in [3.63, 3.8) is 0 Å². The number of carbonyl (C=O) groups is 1. The van der Waals surface area contributed by atoms with Crippen molar-refractivity contribution in [1.82, 2.24) is 15.6 Å². The summed E-state index contributed by atoms with van der Waals surface area (Å²) in [5.74, 6) is 0.780. The molecule has 8 heteroatoms. The van der Waals surface area contributed by atoms with Gasteiger partial charge in [-0.05, 0) is 43.2 Å². The van der Waals surface area contributed by atoms with Gasteiger partial charge in [0.1, 0.15) is 0 Å². The molecule has 3 N–H and O–H groups in total. The van der Waals surface area contributed by atoms with Crippen LogP contribution in [-0.4, -0.2) is 42.5 Å². The predicted octanol–water partition coefficient (Wildman–Crippen LogP) is 3.15. The Balaban J connectivity index is 1.57. The van der Waals surface area contributed by atoms with Crippen LogP contribution in [0.3, 0.4) is 0 Å². The zero-order valence-corrected chi connectivity index (χ0v) is 18.4. The molecular weight excluding hydrogens is 395 g/mol. The average Bonchev–Trinajstić information content (AvgIpc) is 3.21. The number of rotatable bonds is 7. The van der Waals surface area contributed by atoms with Crippen LogP contribution in [0.4, 0.5) is 15.9 Å². The van der Waals surface area contributed by atoms with E-state index >= 15 is 0 Å². The van der Waals surface area contributed by atoms with Crippen molar-refractivity contribution in [3.8, 4) is 0 Å². The Labute approximate surface area is 183 Å². The molecule has 0 saturated carbocycles. The first-order chi connectivity index (χ1) is 15.0. The molecule has 1 atom stereocenters. The van der Waals surface area contributed by atoms with Gasteiger partial charge in [-0.15, -0.1) is 0 Å². The third-order valence-electron chi connectivity index (χ3n) is 5.08. The molecule has 1 aromatic carbocycles. The fraction of sp³-hybridized carbons (Fsp3) is 0.435. The van der Waals surface area contributed by atoms with Gasteiger partial charge < -0.3 is 20.9 Å². The average molecular weight is 427 g/mol. The van der Waals surface area contributed by atoms with Crippen LogP contribution < -0.4 is 20.9 Å². The second kappa shape index (κ2) is 10.7. The second-order valence-corrected chi connectivity index (χ2v) is 7.92.